The Balaban J connectivity index is 3.61. The van der Waals surface area contributed by atoms with Gasteiger partial charge in [-0.25, -0.2) is 0 Å². The highest BCUT2D eigenvalue weighted by molar-refractivity contribution is 6.34. The van der Waals surface area contributed by atoms with E-state index < -0.39 is 23.0 Å². The van der Waals surface area contributed by atoms with Gasteiger partial charge in [0.2, 0.25) is 5.75 Å². The molecule has 0 unspecified atom stereocenters. The number of aliphatic carboxylic acids is 1. The zero-order valence-corrected chi connectivity index (χ0v) is 9.93. The Morgan fingerprint density at radius 1 is 1.67 bits per heavy atom. The first-order valence-corrected chi connectivity index (χ1v) is 5.00. The molecule has 0 fully saturated rings. The highest BCUT2D eigenvalue weighted by Crippen LogP contribution is 2.38. The molecule has 18 heavy (non-hydrogen) atoms. The van der Waals surface area contributed by atoms with E-state index in [2.05, 4.69) is 0 Å². The smallest absolute Gasteiger partial charge is 0.312 e. The van der Waals surface area contributed by atoms with Gasteiger partial charge in [-0.15, -0.1) is 0 Å². The van der Waals surface area contributed by atoms with Crippen molar-refractivity contribution in [3.05, 3.63) is 32.3 Å². The number of hydrogen-bond acceptors (Lipinski definition) is 5. The van der Waals surface area contributed by atoms with Crippen molar-refractivity contribution in [1.29, 1.82) is 0 Å². The van der Waals surface area contributed by atoms with Gasteiger partial charge in [-0.1, -0.05) is 11.6 Å². The number of hydrogen-bond donors (Lipinski definition) is 1. The number of benzene rings is 1. The van der Waals surface area contributed by atoms with E-state index in [-0.39, 0.29) is 21.9 Å². The largest absolute Gasteiger partial charge is 0.490 e. The SMILES string of the molecule is COc1c([N+](=O)[O-])cc(C=O)c(Cl)c1CC(=O)O. The fourth-order valence-corrected chi connectivity index (χ4v) is 1.71. The van der Waals surface area contributed by atoms with Gasteiger partial charge in [-0.2, -0.15) is 0 Å². The van der Waals surface area contributed by atoms with Crippen LogP contribution in [0.4, 0.5) is 5.69 Å². The predicted molar refractivity (Wildman–Crippen MR) is 61.4 cm³/mol. The summed E-state index contributed by atoms with van der Waals surface area (Å²) >= 11 is 5.82. The van der Waals surface area contributed by atoms with Crippen LogP contribution in [0.1, 0.15) is 15.9 Å². The molecule has 1 aromatic rings. The van der Waals surface area contributed by atoms with Crippen LogP contribution < -0.4 is 4.74 Å². The molecule has 0 aliphatic rings. The molecule has 0 heterocycles. The summed E-state index contributed by atoms with van der Waals surface area (Å²) in [4.78, 5) is 31.5. The molecule has 7 nitrogen and oxygen atoms in total. The average Bonchev–Trinajstić information content (AvgIpc) is 2.30. The number of nitro benzene ring substituents is 1. The maximum atomic E-state index is 10.8. The number of aldehydes is 1. The third-order valence-electron chi connectivity index (χ3n) is 2.17. The van der Waals surface area contributed by atoms with E-state index in [9.17, 15) is 19.7 Å². The van der Waals surface area contributed by atoms with E-state index >= 15 is 0 Å². The van der Waals surface area contributed by atoms with Gasteiger partial charge in [0, 0.05) is 17.2 Å². The van der Waals surface area contributed by atoms with Crippen molar-refractivity contribution in [3.63, 3.8) is 0 Å². The fraction of sp³-hybridized carbons (Fsp3) is 0.200. The second-order valence-corrected chi connectivity index (χ2v) is 3.63. The van der Waals surface area contributed by atoms with Gasteiger partial charge in [0.1, 0.15) is 0 Å². The molecule has 0 radical (unpaired) electrons. The number of carboxylic acids is 1. The Kier molecular flexibility index (Phi) is 4.22. The Labute approximate surface area is 106 Å². The van der Waals surface area contributed by atoms with Crippen LogP contribution in [0.3, 0.4) is 0 Å². The van der Waals surface area contributed by atoms with Gasteiger partial charge in [0.15, 0.2) is 6.29 Å². The monoisotopic (exact) mass is 273 g/mol. The van der Waals surface area contributed by atoms with E-state index in [0.29, 0.717) is 6.29 Å². The summed E-state index contributed by atoms with van der Waals surface area (Å²) in [6.45, 7) is 0. The molecule has 0 aromatic heterocycles. The van der Waals surface area contributed by atoms with Crippen LogP contribution in [0.2, 0.25) is 5.02 Å². The van der Waals surface area contributed by atoms with E-state index in [1.165, 1.54) is 0 Å². The van der Waals surface area contributed by atoms with E-state index in [1.807, 2.05) is 0 Å². The number of carboxylic acid groups (broad SMARTS) is 1. The second kappa shape index (κ2) is 5.46. The van der Waals surface area contributed by atoms with Gasteiger partial charge >= 0.3 is 11.7 Å². The van der Waals surface area contributed by atoms with Crippen LogP contribution in [-0.2, 0) is 11.2 Å². The third kappa shape index (κ3) is 2.57. The first kappa shape index (κ1) is 13.9. The van der Waals surface area contributed by atoms with Crippen molar-refractivity contribution in [3.8, 4) is 5.75 Å². The molecule has 0 bridgehead atoms. The van der Waals surface area contributed by atoms with Crippen molar-refractivity contribution in [2.24, 2.45) is 0 Å². The molecule has 1 rings (SSSR count). The van der Waals surface area contributed by atoms with Gasteiger partial charge in [-0.05, 0) is 0 Å². The average molecular weight is 274 g/mol. The zero-order valence-electron chi connectivity index (χ0n) is 9.18. The fourth-order valence-electron chi connectivity index (χ4n) is 1.46. The molecule has 0 saturated heterocycles. The molecule has 96 valence electrons. The molecular weight excluding hydrogens is 266 g/mol. The van der Waals surface area contributed by atoms with Crippen molar-refractivity contribution < 1.29 is 24.4 Å². The van der Waals surface area contributed by atoms with E-state index in [0.717, 1.165) is 13.2 Å². The molecule has 1 aromatic carbocycles. The lowest BCUT2D eigenvalue weighted by atomic mass is 10.1. The third-order valence-corrected chi connectivity index (χ3v) is 2.62. The van der Waals surface area contributed by atoms with E-state index in [4.69, 9.17) is 21.4 Å². The Morgan fingerprint density at radius 3 is 2.67 bits per heavy atom. The molecule has 0 spiro atoms. The summed E-state index contributed by atoms with van der Waals surface area (Å²) < 4.78 is 4.81. The number of halogens is 1. The molecule has 0 amide bonds. The zero-order chi connectivity index (χ0) is 13.9. The summed E-state index contributed by atoms with van der Waals surface area (Å²) in [6, 6.07) is 0.944. The standard InChI is InChI=1S/C10H8ClNO6/c1-18-10-6(3-8(14)15)9(11)5(4-13)2-7(10)12(16)17/h2,4H,3H2,1H3,(H,14,15). The Bertz CT molecular complexity index is 528. The normalized spacial score (nSPS) is 9.89. The van der Waals surface area contributed by atoms with Gasteiger partial charge in [-0.3, -0.25) is 19.7 Å². The van der Waals surface area contributed by atoms with Crippen LogP contribution in [0, 0.1) is 10.1 Å². The Morgan fingerprint density at radius 2 is 2.28 bits per heavy atom. The number of methoxy groups -OCH3 is 1. The lowest BCUT2D eigenvalue weighted by Crippen LogP contribution is -2.07. The van der Waals surface area contributed by atoms with Crippen LogP contribution in [0.25, 0.3) is 0 Å². The van der Waals surface area contributed by atoms with Crippen molar-refractivity contribution in [1.82, 2.24) is 0 Å². The lowest BCUT2D eigenvalue weighted by molar-refractivity contribution is -0.385. The molecule has 0 aliphatic carbocycles. The first-order chi connectivity index (χ1) is 8.42. The number of nitro groups is 1. The minimum Gasteiger partial charge on any atom is -0.490 e. The van der Waals surface area contributed by atoms with Gasteiger partial charge < -0.3 is 9.84 Å². The highest BCUT2D eigenvalue weighted by atomic mass is 35.5. The van der Waals surface area contributed by atoms with Crippen LogP contribution in [0.5, 0.6) is 5.75 Å². The van der Waals surface area contributed by atoms with Crippen molar-refractivity contribution in [2.75, 3.05) is 7.11 Å². The number of carbonyl (C=O) groups excluding carboxylic acids is 1. The summed E-state index contributed by atoms with van der Waals surface area (Å²) in [5.74, 6) is -1.49. The topological polar surface area (TPSA) is 107 Å². The van der Waals surface area contributed by atoms with Gasteiger partial charge in [0.05, 0.1) is 23.5 Å². The molecule has 1 N–H and O–H groups in total. The highest BCUT2D eigenvalue weighted by Gasteiger charge is 2.25. The molecular formula is C10H8ClNO6. The van der Waals surface area contributed by atoms with Crippen molar-refractivity contribution >= 4 is 29.5 Å². The number of rotatable bonds is 5. The van der Waals surface area contributed by atoms with Crippen LogP contribution >= 0.6 is 11.6 Å². The summed E-state index contributed by atoms with van der Waals surface area (Å²) in [7, 11) is 1.16. The first-order valence-electron chi connectivity index (χ1n) is 4.63. The molecule has 0 aliphatic heterocycles. The molecule has 8 heteroatoms. The summed E-state index contributed by atoms with van der Waals surface area (Å²) in [5.41, 5.74) is -0.747. The predicted octanol–water partition coefficient (Wildman–Crippen LogP) is 1.70. The lowest BCUT2D eigenvalue weighted by Gasteiger charge is -2.10. The maximum Gasteiger partial charge on any atom is 0.312 e. The van der Waals surface area contributed by atoms with Crippen molar-refractivity contribution in [2.45, 2.75) is 6.42 Å². The minimum absolute atomic E-state index is 0.0945. The number of carbonyl (C=O) groups is 2. The molecule has 0 saturated carbocycles. The number of nitrogens with zero attached hydrogens (tertiary/aromatic N) is 1. The second-order valence-electron chi connectivity index (χ2n) is 3.26. The van der Waals surface area contributed by atoms with Gasteiger partial charge in [0.25, 0.3) is 0 Å². The maximum absolute atomic E-state index is 10.8. The minimum atomic E-state index is -1.24. The van der Waals surface area contributed by atoms with E-state index in [1.54, 1.807) is 0 Å². The Hall–Kier alpha value is -2.15. The summed E-state index contributed by atoms with van der Waals surface area (Å²) in [6.07, 6.45) is -0.259. The van der Waals surface area contributed by atoms with Crippen LogP contribution in [0.15, 0.2) is 6.07 Å². The van der Waals surface area contributed by atoms with Crippen LogP contribution in [-0.4, -0.2) is 29.4 Å². The number of ether oxygens (including phenoxy) is 1. The molecule has 0 atom stereocenters. The quantitative estimate of drug-likeness (QED) is 0.497. The summed E-state index contributed by atoms with van der Waals surface area (Å²) in [5, 5.41) is 19.4.